The van der Waals surface area contributed by atoms with Gasteiger partial charge in [-0.3, -0.25) is 9.36 Å². The molecule has 3 N–H and O–H groups in total. The highest BCUT2D eigenvalue weighted by atomic mass is 32.2. The van der Waals surface area contributed by atoms with Crippen molar-refractivity contribution in [2.45, 2.75) is 42.7 Å². The second-order valence-corrected chi connectivity index (χ2v) is 11.4. The van der Waals surface area contributed by atoms with Crippen molar-refractivity contribution in [3.8, 4) is 12.3 Å². The molecule has 3 aromatic rings. The van der Waals surface area contributed by atoms with Crippen LogP contribution in [-0.2, 0) is 10.0 Å². The lowest BCUT2D eigenvalue weighted by Gasteiger charge is -2.28. The van der Waals surface area contributed by atoms with E-state index in [1.54, 1.807) is 43.5 Å². The lowest BCUT2D eigenvalue weighted by atomic mass is 9.99. The van der Waals surface area contributed by atoms with Gasteiger partial charge in [0.1, 0.15) is 5.65 Å². The molecule has 1 aliphatic carbocycles. The number of rotatable bonds is 5. The number of aliphatic hydroxyl groups is 1. The summed E-state index contributed by atoms with van der Waals surface area (Å²) >= 11 is 0. The van der Waals surface area contributed by atoms with E-state index in [2.05, 4.69) is 26.5 Å². The molecule has 0 radical (unpaired) electrons. The van der Waals surface area contributed by atoms with Gasteiger partial charge in [-0.15, -0.1) is 6.42 Å². The first-order valence-corrected chi connectivity index (χ1v) is 13.3. The Morgan fingerprint density at radius 3 is 2.61 bits per heavy atom. The Bertz CT molecular complexity index is 1500. The fraction of sp³-hybridized carbons (Fsp3) is 0.400. The maximum absolute atomic E-state index is 13.2. The molecule has 0 bridgehead atoms. The van der Waals surface area contributed by atoms with Crippen LogP contribution in [0, 0.1) is 12.3 Å². The molecule has 0 spiro atoms. The highest BCUT2D eigenvalue weighted by Crippen LogP contribution is 2.39. The van der Waals surface area contributed by atoms with Crippen molar-refractivity contribution < 1.29 is 13.5 Å². The van der Waals surface area contributed by atoms with Gasteiger partial charge in [0.2, 0.25) is 16.0 Å². The third-order valence-electron chi connectivity index (χ3n) is 6.94. The van der Waals surface area contributed by atoms with Gasteiger partial charge in [-0.25, -0.2) is 13.4 Å². The molecular weight excluding hydrogens is 480 g/mol. The molecule has 2 aliphatic rings. The maximum Gasteiger partial charge on any atom is 0.268 e. The Kier molecular flexibility index (Phi) is 6.30. The van der Waals surface area contributed by atoms with Crippen molar-refractivity contribution in [3.05, 3.63) is 52.4 Å². The summed E-state index contributed by atoms with van der Waals surface area (Å²) in [4.78, 5) is 22.3. The van der Waals surface area contributed by atoms with E-state index in [9.17, 15) is 18.3 Å². The van der Waals surface area contributed by atoms with E-state index in [0.717, 1.165) is 6.42 Å². The molecule has 1 aliphatic heterocycles. The smallest absolute Gasteiger partial charge is 0.268 e. The number of pyridine rings is 1. The van der Waals surface area contributed by atoms with Gasteiger partial charge in [-0.1, -0.05) is 5.92 Å². The average Bonchev–Trinajstić information content (AvgIpc) is 3.23. The zero-order chi connectivity index (χ0) is 25.5. The van der Waals surface area contributed by atoms with Crippen LogP contribution in [0.4, 0.5) is 11.6 Å². The fourth-order valence-electron chi connectivity index (χ4n) is 4.98. The van der Waals surface area contributed by atoms with Crippen LogP contribution in [0.1, 0.15) is 37.8 Å². The molecule has 188 valence electrons. The second-order valence-electron chi connectivity index (χ2n) is 9.42. The van der Waals surface area contributed by atoms with Crippen LogP contribution in [0.5, 0.6) is 0 Å². The van der Waals surface area contributed by atoms with E-state index >= 15 is 0 Å². The number of aromatic nitrogens is 3. The number of hydrogen-bond donors (Lipinski definition) is 3. The van der Waals surface area contributed by atoms with E-state index in [0.29, 0.717) is 55.7 Å². The Hall–Kier alpha value is -3.30. The van der Waals surface area contributed by atoms with Crippen LogP contribution in [0.15, 0.2) is 46.2 Å². The number of sulfonamides is 1. The molecule has 2 aromatic heterocycles. The molecule has 0 unspecified atom stereocenters. The maximum atomic E-state index is 13.2. The number of piperazine rings is 1. The van der Waals surface area contributed by atoms with Gasteiger partial charge in [0.05, 0.1) is 22.1 Å². The van der Waals surface area contributed by atoms with Crippen molar-refractivity contribution in [3.63, 3.8) is 0 Å². The molecule has 1 aromatic carbocycles. The van der Waals surface area contributed by atoms with E-state index in [-0.39, 0.29) is 22.0 Å². The largest absolute Gasteiger partial charge is 0.388 e. The van der Waals surface area contributed by atoms with E-state index in [1.165, 1.54) is 8.87 Å². The number of hydrogen-bond acceptors (Lipinski definition) is 8. The molecule has 0 amide bonds. The SMILES string of the molecule is C#Cc1cc2cnc(Nc3ccc(S(=O)(=O)N4CCNCC4)cc3)nc2n([C@@H]2CCC[C@@]2(C)O)c1=O. The quantitative estimate of drug-likeness (QED) is 0.443. The lowest BCUT2D eigenvalue weighted by molar-refractivity contribution is 0.0266. The molecule has 1 saturated heterocycles. The minimum absolute atomic E-state index is 0.191. The zero-order valence-electron chi connectivity index (χ0n) is 19.9. The summed E-state index contributed by atoms with van der Waals surface area (Å²) in [7, 11) is -3.56. The highest BCUT2D eigenvalue weighted by Gasteiger charge is 2.39. The van der Waals surface area contributed by atoms with Crippen LogP contribution >= 0.6 is 0 Å². The van der Waals surface area contributed by atoms with Crippen molar-refractivity contribution >= 4 is 32.7 Å². The van der Waals surface area contributed by atoms with E-state index in [1.807, 2.05) is 0 Å². The number of terminal acetylenes is 1. The second kappa shape index (κ2) is 9.29. The van der Waals surface area contributed by atoms with Gasteiger partial charge in [0.15, 0.2) is 0 Å². The summed E-state index contributed by atoms with van der Waals surface area (Å²) in [6.07, 6.45) is 9.14. The van der Waals surface area contributed by atoms with Crippen LogP contribution in [0.3, 0.4) is 0 Å². The Morgan fingerprint density at radius 2 is 1.97 bits per heavy atom. The topological polar surface area (TPSA) is 129 Å². The predicted octanol–water partition coefficient (Wildman–Crippen LogP) is 1.59. The Balaban J connectivity index is 1.48. The van der Waals surface area contributed by atoms with Gasteiger partial charge in [0, 0.05) is 43.4 Å². The van der Waals surface area contributed by atoms with Gasteiger partial charge in [-0.2, -0.15) is 9.29 Å². The standard InChI is InChI=1S/C25H28N6O4S/c1-3-17-15-18-16-27-24(29-22(18)31(23(17)32)21-5-4-10-25(21,2)33)28-19-6-8-20(9-7-19)36(34,35)30-13-11-26-12-14-30/h1,6-9,15-16,21,26,33H,4-5,10-14H2,2H3,(H,27,28,29)/t21-,25-/m1/s1. The van der Waals surface area contributed by atoms with Gasteiger partial charge in [-0.05, 0) is 56.5 Å². The molecule has 2 fully saturated rings. The fourth-order valence-corrected chi connectivity index (χ4v) is 6.43. The zero-order valence-corrected chi connectivity index (χ0v) is 20.8. The normalized spacial score (nSPS) is 23.0. The molecule has 36 heavy (non-hydrogen) atoms. The summed E-state index contributed by atoms with van der Waals surface area (Å²) in [6.45, 7) is 3.85. The van der Waals surface area contributed by atoms with Crippen LogP contribution in [0.2, 0.25) is 0 Å². The minimum atomic E-state index is -3.56. The molecule has 11 heteroatoms. The summed E-state index contributed by atoms with van der Waals surface area (Å²) in [5, 5.41) is 17.7. The Labute approximate surface area is 209 Å². The predicted molar refractivity (Wildman–Crippen MR) is 137 cm³/mol. The Morgan fingerprint density at radius 1 is 1.25 bits per heavy atom. The molecule has 10 nitrogen and oxygen atoms in total. The number of nitrogens with zero attached hydrogens (tertiary/aromatic N) is 4. The average molecular weight is 509 g/mol. The van der Waals surface area contributed by atoms with Crippen LogP contribution in [0.25, 0.3) is 11.0 Å². The minimum Gasteiger partial charge on any atom is -0.388 e. The van der Waals surface area contributed by atoms with Crippen LogP contribution < -0.4 is 16.2 Å². The summed E-state index contributed by atoms with van der Waals surface area (Å²) in [6, 6.07) is 7.52. The number of benzene rings is 1. The third kappa shape index (κ3) is 4.37. The van der Waals surface area contributed by atoms with Crippen LogP contribution in [-0.4, -0.2) is 64.1 Å². The number of nitrogens with one attached hydrogen (secondary N) is 2. The van der Waals surface area contributed by atoms with Crippen molar-refractivity contribution in [2.75, 3.05) is 31.5 Å². The first kappa shape index (κ1) is 24.4. The molecular formula is C25H28N6O4S. The number of fused-ring (bicyclic) bond motifs is 1. The summed E-state index contributed by atoms with van der Waals surface area (Å²) < 4.78 is 28.7. The molecule has 3 heterocycles. The molecule has 1 saturated carbocycles. The monoisotopic (exact) mass is 508 g/mol. The van der Waals surface area contributed by atoms with Gasteiger partial charge < -0.3 is 15.7 Å². The highest BCUT2D eigenvalue weighted by molar-refractivity contribution is 7.89. The van der Waals surface area contributed by atoms with E-state index in [4.69, 9.17) is 6.42 Å². The summed E-state index contributed by atoms with van der Waals surface area (Å²) in [5.74, 6) is 2.67. The van der Waals surface area contributed by atoms with Gasteiger partial charge >= 0.3 is 0 Å². The van der Waals surface area contributed by atoms with Crippen molar-refractivity contribution in [1.29, 1.82) is 0 Å². The first-order chi connectivity index (χ1) is 17.2. The van der Waals surface area contributed by atoms with E-state index < -0.39 is 21.7 Å². The van der Waals surface area contributed by atoms with Gasteiger partial charge in [0.25, 0.3) is 5.56 Å². The lowest BCUT2D eigenvalue weighted by Crippen LogP contribution is -2.46. The van der Waals surface area contributed by atoms with Crippen molar-refractivity contribution in [2.24, 2.45) is 0 Å². The van der Waals surface area contributed by atoms with Crippen molar-refractivity contribution in [1.82, 2.24) is 24.2 Å². The summed E-state index contributed by atoms with van der Waals surface area (Å²) in [5.41, 5.74) is -0.272. The third-order valence-corrected chi connectivity index (χ3v) is 8.86. The number of anilines is 2. The first-order valence-electron chi connectivity index (χ1n) is 11.9. The molecule has 5 rings (SSSR count). The molecule has 2 atom stereocenters.